The van der Waals surface area contributed by atoms with Gasteiger partial charge in [-0.1, -0.05) is 54.6 Å². The summed E-state index contributed by atoms with van der Waals surface area (Å²) in [5.41, 5.74) is 3.96. The van der Waals surface area contributed by atoms with E-state index in [0.29, 0.717) is 5.56 Å². The number of carbonyl (C=O) groups is 1. The molecule has 0 spiro atoms. The van der Waals surface area contributed by atoms with Gasteiger partial charge in [-0.3, -0.25) is 0 Å². The Bertz CT molecular complexity index is 837. The van der Waals surface area contributed by atoms with E-state index in [9.17, 15) is 9.90 Å². The van der Waals surface area contributed by atoms with Crippen LogP contribution in [-0.2, 0) is 11.2 Å². The van der Waals surface area contributed by atoms with Crippen LogP contribution in [0.25, 0.3) is 11.1 Å². The van der Waals surface area contributed by atoms with Crippen molar-refractivity contribution in [3.63, 3.8) is 0 Å². The van der Waals surface area contributed by atoms with Crippen LogP contribution in [-0.4, -0.2) is 17.2 Å². The lowest BCUT2D eigenvalue weighted by molar-refractivity contribution is 0.0325. The van der Waals surface area contributed by atoms with Gasteiger partial charge >= 0.3 is 5.97 Å². The third kappa shape index (κ3) is 4.73. The van der Waals surface area contributed by atoms with Gasteiger partial charge in [-0.25, -0.2) is 4.79 Å². The molecule has 1 unspecified atom stereocenters. The van der Waals surface area contributed by atoms with Gasteiger partial charge in [-0.15, -0.1) is 0 Å². The number of phenolic OH excluding ortho intramolecular Hbond substituents is 1. The fraction of sp³-hybridized carbons (Fsp3) is 0.174. The molecule has 0 radical (unpaired) electrons. The van der Waals surface area contributed by atoms with Crippen LogP contribution in [0.5, 0.6) is 5.75 Å². The largest absolute Gasteiger partial charge is 0.508 e. The molecule has 132 valence electrons. The van der Waals surface area contributed by atoms with Gasteiger partial charge in [0.05, 0.1) is 11.7 Å². The number of aromatic hydroxyl groups is 1. The van der Waals surface area contributed by atoms with E-state index in [1.165, 1.54) is 5.56 Å². The normalized spacial score (nSPS) is 11.7. The molecule has 0 heterocycles. The zero-order chi connectivity index (χ0) is 18.4. The maximum absolute atomic E-state index is 12.1. The number of ether oxygens (including phenoxy) is 1. The number of rotatable bonds is 6. The molecule has 3 aromatic rings. The lowest BCUT2D eigenvalue weighted by atomic mass is 10.0. The molecule has 0 bridgehead atoms. The van der Waals surface area contributed by atoms with E-state index >= 15 is 0 Å². The molecule has 0 aliphatic heterocycles. The lowest BCUT2D eigenvalue weighted by Crippen LogP contribution is -2.15. The summed E-state index contributed by atoms with van der Waals surface area (Å²) in [5.74, 6) is -0.00909. The predicted octanol–water partition coefficient (Wildman–Crippen LogP) is 5.24. The van der Waals surface area contributed by atoms with E-state index in [4.69, 9.17) is 4.74 Å². The van der Waals surface area contributed by atoms with Crippen molar-refractivity contribution in [2.75, 3.05) is 0 Å². The molecular weight excluding hydrogens is 324 g/mol. The summed E-state index contributed by atoms with van der Waals surface area (Å²) < 4.78 is 5.50. The van der Waals surface area contributed by atoms with Crippen LogP contribution in [0.4, 0.5) is 0 Å². The fourth-order valence-electron chi connectivity index (χ4n) is 2.77. The zero-order valence-electron chi connectivity index (χ0n) is 14.8. The quantitative estimate of drug-likeness (QED) is 0.621. The van der Waals surface area contributed by atoms with Crippen molar-refractivity contribution < 1.29 is 14.6 Å². The third-order valence-electron chi connectivity index (χ3n) is 4.31. The van der Waals surface area contributed by atoms with Gasteiger partial charge in [0.2, 0.25) is 0 Å². The standard InChI is InChI=1S/C23H22O3/c1-17(26-23(25)21-5-3-2-4-6-21)7-8-18-9-11-19(12-10-18)20-13-15-22(24)16-14-20/h2-6,9-17,24H,7-8H2,1H3. The highest BCUT2D eigenvalue weighted by Gasteiger charge is 2.11. The van der Waals surface area contributed by atoms with Crippen molar-refractivity contribution >= 4 is 5.97 Å². The fourth-order valence-corrected chi connectivity index (χ4v) is 2.77. The number of hydrogen-bond donors (Lipinski definition) is 1. The highest BCUT2D eigenvalue weighted by atomic mass is 16.5. The summed E-state index contributed by atoms with van der Waals surface area (Å²) in [6.07, 6.45) is 1.48. The van der Waals surface area contributed by atoms with Crippen LogP contribution in [0.1, 0.15) is 29.3 Å². The molecule has 3 aromatic carbocycles. The Morgan fingerprint density at radius 1 is 0.885 bits per heavy atom. The molecule has 0 saturated heterocycles. The van der Waals surface area contributed by atoms with Gasteiger partial charge in [0.15, 0.2) is 0 Å². The van der Waals surface area contributed by atoms with Gasteiger partial charge < -0.3 is 9.84 Å². The van der Waals surface area contributed by atoms with E-state index < -0.39 is 0 Å². The molecule has 26 heavy (non-hydrogen) atoms. The summed E-state index contributed by atoms with van der Waals surface area (Å²) in [7, 11) is 0. The molecular formula is C23H22O3. The van der Waals surface area contributed by atoms with Crippen molar-refractivity contribution in [1.29, 1.82) is 0 Å². The van der Waals surface area contributed by atoms with Crippen LogP contribution in [0, 0.1) is 0 Å². The number of aryl methyl sites for hydroxylation is 1. The Balaban J connectivity index is 1.53. The average molecular weight is 346 g/mol. The average Bonchev–Trinajstić information content (AvgIpc) is 2.68. The first-order valence-electron chi connectivity index (χ1n) is 8.76. The minimum atomic E-state index is -0.277. The van der Waals surface area contributed by atoms with Gasteiger partial charge in [0.1, 0.15) is 5.75 Å². The first-order valence-corrected chi connectivity index (χ1v) is 8.76. The van der Waals surface area contributed by atoms with Crippen molar-refractivity contribution in [3.05, 3.63) is 90.0 Å². The van der Waals surface area contributed by atoms with Crippen molar-refractivity contribution in [3.8, 4) is 16.9 Å². The van der Waals surface area contributed by atoms with Crippen LogP contribution < -0.4 is 0 Å². The smallest absolute Gasteiger partial charge is 0.338 e. The van der Waals surface area contributed by atoms with Crippen LogP contribution >= 0.6 is 0 Å². The van der Waals surface area contributed by atoms with E-state index in [0.717, 1.165) is 24.0 Å². The molecule has 1 N–H and O–H groups in total. The predicted molar refractivity (Wildman–Crippen MR) is 103 cm³/mol. The Hall–Kier alpha value is -3.07. The van der Waals surface area contributed by atoms with E-state index in [2.05, 4.69) is 24.3 Å². The minimum absolute atomic E-state index is 0.139. The molecule has 3 rings (SSSR count). The topological polar surface area (TPSA) is 46.5 Å². The van der Waals surface area contributed by atoms with Gasteiger partial charge in [-0.05, 0) is 60.7 Å². The number of carbonyl (C=O) groups excluding carboxylic acids is 1. The Morgan fingerprint density at radius 2 is 1.46 bits per heavy atom. The SMILES string of the molecule is CC(CCc1ccc(-c2ccc(O)cc2)cc1)OC(=O)c1ccccc1. The molecule has 0 aliphatic rings. The van der Waals surface area contributed by atoms with Crippen LogP contribution in [0.3, 0.4) is 0 Å². The van der Waals surface area contributed by atoms with E-state index in [-0.39, 0.29) is 17.8 Å². The summed E-state index contributed by atoms with van der Waals surface area (Å²) in [6.45, 7) is 1.92. The molecule has 0 aliphatic carbocycles. The van der Waals surface area contributed by atoms with Crippen LogP contribution in [0.2, 0.25) is 0 Å². The molecule has 3 heteroatoms. The summed E-state index contributed by atoms with van der Waals surface area (Å²) in [4.78, 5) is 12.1. The zero-order valence-corrected chi connectivity index (χ0v) is 14.8. The Labute approximate surface area is 153 Å². The molecule has 0 amide bonds. The Kier molecular flexibility index (Phi) is 5.69. The third-order valence-corrected chi connectivity index (χ3v) is 4.31. The van der Waals surface area contributed by atoms with Gasteiger partial charge in [0, 0.05) is 0 Å². The number of hydrogen-bond acceptors (Lipinski definition) is 3. The number of benzene rings is 3. The number of phenols is 1. The van der Waals surface area contributed by atoms with Crippen molar-refractivity contribution in [2.45, 2.75) is 25.9 Å². The van der Waals surface area contributed by atoms with Crippen molar-refractivity contribution in [2.24, 2.45) is 0 Å². The second-order valence-corrected chi connectivity index (χ2v) is 6.36. The Morgan fingerprint density at radius 3 is 2.08 bits per heavy atom. The van der Waals surface area contributed by atoms with Gasteiger partial charge in [-0.2, -0.15) is 0 Å². The monoisotopic (exact) mass is 346 g/mol. The van der Waals surface area contributed by atoms with E-state index in [1.807, 2.05) is 37.3 Å². The highest BCUT2D eigenvalue weighted by molar-refractivity contribution is 5.89. The lowest BCUT2D eigenvalue weighted by Gasteiger charge is -2.13. The van der Waals surface area contributed by atoms with Gasteiger partial charge in [0.25, 0.3) is 0 Å². The first-order chi connectivity index (χ1) is 12.6. The first kappa shape index (κ1) is 17.7. The molecule has 3 nitrogen and oxygen atoms in total. The maximum atomic E-state index is 12.1. The molecule has 0 saturated carbocycles. The maximum Gasteiger partial charge on any atom is 0.338 e. The molecule has 1 atom stereocenters. The second-order valence-electron chi connectivity index (χ2n) is 6.36. The summed E-state index contributed by atoms with van der Waals surface area (Å²) >= 11 is 0. The van der Waals surface area contributed by atoms with E-state index in [1.54, 1.807) is 24.3 Å². The molecule has 0 fully saturated rings. The minimum Gasteiger partial charge on any atom is -0.508 e. The van der Waals surface area contributed by atoms with Crippen molar-refractivity contribution in [1.82, 2.24) is 0 Å². The molecule has 0 aromatic heterocycles. The number of esters is 1. The summed E-state index contributed by atoms with van der Waals surface area (Å²) in [5, 5.41) is 9.37. The van der Waals surface area contributed by atoms with Crippen LogP contribution in [0.15, 0.2) is 78.9 Å². The highest BCUT2D eigenvalue weighted by Crippen LogP contribution is 2.22. The summed E-state index contributed by atoms with van der Waals surface area (Å²) in [6, 6.07) is 24.6. The second kappa shape index (κ2) is 8.34.